The molecule has 0 aliphatic carbocycles. The van der Waals surface area contributed by atoms with Gasteiger partial charge in [0.05, 0.1) is 16.8 Å². The number of hydrogen-bond donors (Lipinski definition) is 0. The second-order valence-corrected chi connectivity index (χ2v) is 8.19. The number of imidazole rings is 1. The summed E-state index contributed by atoms with van der Waals surface area (Å²) in [7, 11) is 0. The molecule has 0 spiro atoms. The normalized spacial score (nSPS) is 14.0. The number of thioether (sulfide) groups is 1. The number of hydrogen-bond acceptors (Lipinski definition) is 4. The number of piperazine rings is 1. The molecule has 1 aliphatic rings. The molecule has 0 N–H and O–H groups in total. The van der Waals surface area contributed by atoms with Crippen LogP contribution in [0.1, 0.15) is 20.8 Å². The Kier molecular flexibility index (Phi) is 6.29. The molecular weight excluding hydrogens is 439 g/mol. The van der Waals surface area contributed by atoms with E-state index in [0.29, 0.717) is 31.9 Å². The van der Waals surface area contributed by atoms with Gasteiger partial charge < -0.3 is 9.80 Å². The molecule has 4 rings (SSSR count). The lowest BCUT2D eigenvalue weighted by Gasteiger charge is -2.35. The van der Waals surface area contributed by atoms with Gasteiger partial charge in [0.1, 0.15) is 11.5 Å². The van der Waals surface area contributed by atoms with Crippen molar-refractivity contribution in [2.75, 3.05) is 32.4 Å². The summed E-state index contributed by atoms with van der Waals surface area (Å²) < 4.78 is 15.1. The first-order chi connectivity index (χ1) is 15.0. The van der Waals surface area contributed by atoms with E-state index >= 15 is 0 Å². The zero-order valence-corrected chi connectivity index (χ0v) is 18.4. The average molecular weight is 459 g/mol. The molecule has 1 aromatic heterocycles. The Morgan fingerprint density at radius 3 is 2.26 bits per heavy atom. The molecule has 1 saturated heterocycles. The van der Waals surface area contributed by atoms with Crippen LogP contribution in [0.5, 0.6) is 0 Å². The van der Waals surface area contributed by atoms with Crippen LogP contribution in [0.4, 0.5) is 4.39 Å². The molecule has 1 fully saturated rings. The second kappa shape index (κ2) is 9.11. The first-order valence-electron chi connectivity index (χ1n) is 9.70. The fourth-order valence-electron chi connectivity index (χ4n) is 3.56. The number of carbonyl (C=O) groups excluding carboxylic acids is 2. The first-order valence-corrected chi connectivity index (χ1v) is 11.3. The predicted octanol–water partition coefficient (Wildman–Crippen LogP) is 3.98. The van der Waals surface area contributed by atoms with Gasteiger partial charge in [0.15, 0.2) is 5.16 Å². The highest BCUT2D eigenvalue weighted by atomic mass is 35.5. The smallest absolute Gasteiger partial charge is 0.272 e. The maximum atomic E-state index is 13.3. The van der Waals surface area contributed by atoms with Crippen molar-refractivity contribution in [2.45, 2.75) is 5.16 Å². The fourth-order valence-corrected chi connectivity index (χ4v) is 4.36. The van der Waals surface area contributed by atoms with E-state index in [1.165, 1.54) is 23.9 Å². The van der Waals surface area contributed by atoms with E-state index in [0.717, 1.165) is 16.9 Å². The van der Waals surface area contributed by atoms with Crippen LogP contribution in [-0.4, -0.2) is 63.6 Å². The van der Waals surface area contributed by atoms with Gasteiger partial charge in [-0.3, -0.25) is 14.2 Å². The van der Waals surface area contributed by atoms with E-state index in [1.807, 2.05) is 41.2 Å². The molecule has 160 valence electrons. The third-order valence-corrected chi connectivity index (χ3v) is 6.13. The van der Waals surface area contributed by atoms with Crippen LogP contribution < -0.4 is 0 Å². The van der Waals surface area contributed by atoms with E-state index < -0.39 is 5.82 Å². The molecular formula is C22H20ClFN4O2S. The van der Waals surface area contributed by atoms with E-state index in [1.54, 1.807) is 16.0 Å². The molecule has 0 saturated carbocycles. The van der Waals surface area contributed by atoms with E-state index in [9.17, 15) is 14.0 Å². The highest BCUT2D eigenvalue weighted by Crippen LogP contribution is 2.24. The van der Waals surface area contributed by atoms with Gasteiger partial charge in [-0.25, -0.2) is 9.37 Å². The second-order valence-electron chi connectivity index (χ2n) is 7.01. The van der Waals surface area contributed by atoms with Crippen molar-refractivity contribution in [3.8, 4) is 5.69 Å². The van der Waals surface area contributed by atoms with Crippen LogP contribution in [0, 0.1) is 5.82 Å². The average Bonchev–Trinajstić information content (AvgIpc) is 3.23. The van der Waals surface area contributed by atoms with E-state index in [4.69, 9.17) is 11.6 Å². The minimum Gasteiger partial charge on any atom is -0.335 e. The molecule has 0 unspecified atom stereocenters. The van der Waals surface area contributed by atoms with Crippen LogP contribution in [0.25, 0.3) is 5.69 Å². The summed E-state index contributed by atoms with van der Waals surface area (Å²) in [5.74, 6) is -0.892. The SMILES string of the molecule is CSc1ncc(C(=O)N2CCN(C(=O)c3ccc(F)cc3Cl)CC2)n1-c1ccccc1. The Bertz CT molecular complexity index is 1110. The number of benzene rings is 2. The molecule has 6 nitrogen and oxygen atoms in total. The van der Waals surface area contributed by atoms with Crippen LogP contribution in [0.3, 0.4) is 0 Å². The largest absolute Gasteiger partial charge is 0.335 e. The van der Waals surface area contributed by atoms with Gasteiger partial charge in [-0.05, 0) is 36.6 Å². The maximum Gasteiger partial charge on any atom is 0.272 e. The Morgan fingerprint density at radius 2 is 1.65 bits per heavy atom. The van der Waals surface area contributed by atoms with Crippen molar-refractivity contribution < 1.29 is 14.0 Å². The Balaban J connectivity index is 1.49. The molecule has 2 amide bonds. The molecule has 2 heterocycles. The highest BCUT2D eigenvalue weighted by Gasteiger charge is 2.29. The molecule has 3 aromatic rings. The summed E-state index contributed by atoms with van der Waals surface area (Å²) >= 11 is 7.50. The lowest BCUT2D eigenvalue weighted by atomic mass is 10.1. The molecule has 2 aromatic carbocycles. The fraction of sp³-hybridized carbons (Fsp3) is 0.227. The zero-order valence-electron chi connectivity index (χ0n) is 16.8. The van der Waals surface area contributed by atoms with Crippen LogP contribution in [0.2, 0.25) is 5.02 Å². The number of para-hydroxylation sites is 1. The van der Waals surface area contributed by atoms with E-state index in [2.05, 4.69) is 4.98 Å². The molecule has 0 radical (unpaired) electrons. The third kappa shape index (κ3) is 4.31. The number of halogens is 2. The Morgan fingerprint density at radius 1 is 1.00 bits per heavy atom. The van der Waals surface area contributed by atoms with Crippen molar-refractivity contribution in [1.29, 1.82) is 0 Å². The van der Waals surface area contributed by atoms with Gasteiger partial charge in [-0.15, -0.1) is 0 Å². The predicted molar refractivity (Wildman–Crippen MR) is 119 cm³/mol. The minimum absolute atomic E-state index is 0.0832. The number of rotatable bonds is 4. The lowest BCUT2D eigenvalue weighted by molar-refractivity contribution is 0.0530. The topological polar surface area (TPSA) is 58.4 Å². The van der Waals surface area contributed by atoms with Crippen LogP contribution in [-0.2, 0) is 0 Å². The first kappa shape index (κ1) is 21.4. The van der Waals surface area contributed by atoms with Gasteiger partial charge in [0.2, 0.25) is 0 Å². The van der Waals surface area contributed by atoms with Crippen molar-refractivity contribution in [1.82, 2.24) is 19.4 Å². The van der Waals surface area contributed by atoms with Crippen molar-refractivity contribution in [2.24, 2.45) is 0 Å². The van der Waals surface area contributed by atoms with Crippen molar-refractivity contribution in [3.05, 3.63) is 76.8 Å². The summed E-state index contributed by atoms with van der Waals surface area (Å²) in [4.78, 5) is 33.8. The van der Waals surface area contributed by atoms with Gasteiger partial charge in [-0.2, -0.15) is 0 Å². The van der Waals surface area contributed by atoms with Crippen molar-refractivity contribution >= 4 is 35.2 Å². The van der Waals surface area contributed by atoms with Gasteiger partial charge >= 0.3 is 0 Å². The monoisotopic (exact) mass is 458 g/mol. The zero-order chi connectivity index (χ0) is 22.0. The number of amides is 2. The summed E-state index contributed by atoms with van der Waals surface area (Å²) in [5, 5.41) is 0.814. The minimum atomic E-state index is -0.489. The maximum absolute atomic E-state index is 13.3. The van der Waals surface area contributed by atoms with Crippen LogP contribution in [0.15, 0.2) is 59.9 Å². The van der Waals surface area contributed by atoms with Crippen molar-refractivity contribution in [3.63, 3.8) is 0 Å². The van der Waals surface area contributed by atoms with Gasteiger partial charge in [0, 0.05) is 31.9 Å². The molecule has 1 aliphatic heterocycles. The number of carbonyl (C=O) groups is 2. The Hall–Kier alpha value is -2.84. The summed E-state index contributed by atoms with van der Waals surface area (Å²) in [6.45, 7) is 1.51. The summed E-state index contributed by atoms with van der Waals surface area (Å²) in [6.07, 6.45) is 3.51. The quantitative estimate of drug-likeness (QED) is 0.555. The van der Waals surface area contributed by atoms with Gasteiger partial charge in [0.25, 0.3) is 11.8 Å². The third-order valence-electron chi connectivity index (χ3n) is 5.16. The highest BCUT2D eigenvalue weighted by molar-refractivity contribution is 7.98. The number of nitrogens with zero attached hydrogens (tertiary/aromatic N) is 4. The van der Waals surface area contributed by atoms with Crippen LogP contribution >= 0.6 is 23.4 Å². The molecule has 9 heteroatoms. The van der Waals surface area contributed by atoms with E-state index in [-0.39, 0.29) is 22.4 Å². The summed E-state index contributed by atoms with van der Waals surface area (Å²) in [6, 6.07) is 13.3. The lowest BCUT2D eigenvalue weighted by Crippen LogP contribution is -2.51. The molecule has 0 bridgehead atoms. The molecule has 0 atom stereocenters. The molecule has 31 heavy (non-hydrogen) atoms. The summed E-state index contributed by atoms with van der Waals surface area (Å²) in [5.41, 5.74) is 1.61. The number of aromatic nitrogens is 2. The standard InChI is InChI=1S/C22H20ClFN4O2S/c1-31-22-25-14-19(28(22)16-5-3-2-4-6-16)21(30)27-11-9-26(10-12-27)20(29)17-8-7-15(24)13-18(17)23/h2-8,13-14H,9-12H2,1H3. The van der Waals surface area contributed by atoms with Gasteiger partial charge in [-0.1, -0.05) is 41.6 Å². The Labute approximate surface area is 188 Å².